The maximum Gasteiger partial charge on any atom is 0.242 e. The van der Waals surface area contributed by atoms with E-state index in [0.29, 0.717) is 28.7 Å². The first-order valence-corrected chi connectivity index (χ1v) is 10.6. The van der Waals surface area contributed by atoms with Crippen molar-refractivity contribution in [2.24, 2.45) is 0 Å². The van der Waals surface area contributed by atoms with E-state index in [-0.39, 0.29) is 18.2 Å². The second-order valence-electron chi connectivity index (χ2n) is 7.21. The molecule has 0 aliphatic carbocycles. The third-order valence-electron chi connectivity index (χ3n) is 4.82. The van der Waals surface area contributed by atoms with Crippen molar-refractivity contribution in [2.75, 3.05) is 6.54 Å². The second-order valence-corrected chi connectivity index (χ2v) is 8.02. The Morgan fingerprint density at radius 2 is 1.76 bits per heavy atom. The van der Waals surface area contributed by atoms with Crippen molar-refractivity contribution >= 4 is 35.0 Å². The summed E-state index contributed by atoms with van der Waals surface area (Å²) in [7, 11) is 0. The summed E-state index contributed by atoms with van der Waals surface area (Å²) in [4.78, 5) is 27.5. The molecule has 29 heavy (non-hydrogen) atoms. The van der Waals surface area contributed by atoms with Crippen LogP contribution in [0, 0.1) is 6.92 Å². The molecular formula is C23H28Cl2N2O2. The third-order valence-corrected chi connectivity index (χ3v) is 5.53. The minimum atomic E-state index is -0.610. The van der Waals surface area contributed by atoms with E-state index in [1.54, 1.807) is 30.0 Å². The van der Waals surface area contributed by atoms with Gasteiger partial charge in [0.05, 0.1) is 6.42 Å². The van der Waals surface area contributed by atoms with Gasteiger partial charge in [-0.05, 0) is 43.5 Å². The van der Waals surface area contributed by atoms with Crippen LogP contribution in [0.2, 0.25) is 10.0 Å². The average molecular weight is 435 g/mol. The van der Waals surface area contributed by atoms with E-state index in [1.165, 1.54) is 0 Å². The minimum absolute atomic E-state index is 0.0386. The van der Waals surface area contributed by atoms with Gasteiger partial charge in [-0.25, -0.2) is 0 Å². The Bertz CT molecular complexity index is 834. The SMILES string of the molecule is CCCCNC(=O)[C@@H](C)N(Cc1cccc(C)c1)C(=O)Cc1c(Cl)cccc1Cl. The number of nitrogens with one attached hydrogen (secondary N) is 1. The molecule has 0 heterocycles. The van der Waals surface area contributed by atoms with E-state index < -0.39 is 6.04 Å². The van der Waals surface area contributed by atoms with E-state index in [1.807, 2.05) is 31.2 Å². The lowest BCUT2D eigenvalue weighted by molar-refractivity contribution is -0.140. The molecule has 0 aliphatic rings. The molecule has 4 nitrogen and oxygen atoms in total. The van der Waals surface area contributed by atoms with Gasteiger partial charge in [0.15, 0.2) is 0 Å². The Morgan fingerprint density at radius 1 is 1.10 bits per heavy atom. The summed E-state index contributed by atoms with van der Waals surface area (Å²) < 4.78 is 0. The molecule has 0 spiro atoms. The smallest absolute Gasteiger partial charge is 0.242 e. The largest absolute Gasteiger partial charge is 0.354 e. The number of halogens is 2. The zero-order valence-electron chi connectivity index (χ0n) is 17.2. The van der Waals surface area contributed by atoms with Crippen LogP contribution < -0.4 is 5.32 Å². The van der Waals surface area contributed by atoms with Crippen molar-refractivity contribution in [1.82, 2.24) is 10.2 Å². The highest BCUT2D eigenvalue weighted by Crippen LogP contribution is 2.26. The molecule has 1 atom stereocenters. The van der Waals surface area contributed by atoms with Gasteiger partial charge in [-0.2, -0.15) is 0 Å². The molecule has 2 rings (SSSR count). The van der Waals surface area contributed by atoms with Gasteiger partial charge in [-0.1, -0.05) is 72.4 Å². The molecule has 2 amide bonds. The van der Waals surface area contributed by atoms with Gasteiger partial charge in [0.1, 0.15) is 6.04 Å². The van der Waals surface area contributed by atoms with Crippen LogP contribution >= 0.6 is 23.2 Å². The number of hydrogen-bond acceptors (Lipinski definition) is 2. The zero-order valence-corrected chi connectivity index (χ0v) is 18.7. The van der Waals surface area contributed by atoms with Gasteiger partial charge in [0, 0.05) is 23.1 Å². The van der Waals surface area contributed by atoms with Crippen LogP contribution in [0.3, 0.4) is 0 Å². The quantitative estimate of drug-likeness (QED) is 0.552. The number of aryl methyl sites for hydroxylation is 1. The maximum atomic E-state index is 13.2. The molecule has 0 fully saturated rings. The molecule has 2 aromatic rings. The van der Waals surface area contributed by atoms with Crippen molar-refractivity contribution < 1.29 is 9.59 Å². The number of amides is 2. The summed E-state index contributed by atoms with van der Waals surface area (Å²) in [5.74, 6) is -0.357. The molecule has 0 unspecified atom stereocenters. The molecular weight excluding hydrogens is 407 g/mol. The summed E-state index contributed by atoms with van der Waals surface area (Å²) in [5.41, 5.74) is 2.65. The third kappa shape index (κ3) is 6.76. The molecule has 0 saturated heterocycles. The van der Waals surface area contributed by atoms with E-state index in [9.17, 15) is 9.59 Å². The molecule has 2 aromatic carbocycles. The fourth-order valence-corrected chi connectivity index (χ4v) is 3.61. The van der Waals surface area contributed by atoms with Crippen LogP contribution in [0.25, 0.3) is 0 Å². The van der Waals surface area contributed by atoms with Crippen LogP contribution in [0.5, 0.6) is 0 Å². The first-order valence-electron chi connectivity index (χ1n) is 9.89. The lowest BCUT2D eigenvalue weighted by Crippen LogP contribution is -2.48. The van der Waals surface area contributed by atoms with Crippen molar-refractivity contribution in [3.63, 3.8) is 0 Å². The van der Waals surface area contributed by atoms with Gasteiger partial charge >= 0.3 is 0 Å². The number of carbonyl (C=O) groups excluding carboxylic acids is 2. The fourth-order valence-electron chi connectivity index (χ4n) is 3.08. The van der Waals surface area contributed by atoms with Gasteiger partial charge in [0.25, 0.3) is 0 Å². The highest BCUT2D eigenvalue weighted by Gasteiger charge is 2.27. The van der Waals surface area contributed by atoms with Crippen LogP contribution in [0.4, 0.5) is 0 Å². The molecule has 0 saturated carbocycles. The standard InChI is InChI=1S/C23H28Cl2N2O2/c1-4-5-12-26-23(29)17(3)27(15-18-9-6-8-16(2)13-18)22(28)14-19-20(24)10-7-11-21(19)25/h6-11,13,17H,4-5,12,14-15H2,1-3H3,(H,26,29)/t17-/m1/s1. The van der Waals surface area contributed by atoms with Gasteiger partial charge < -0.3 is 10.2 Å². The van der Waals surface area contributed by atoms with Crippen LogP contribution in [0.15, 0.2) is 42.5 Å². The molecule has 0 aliphatic heterocycles. The average Bonchev–Trinajstić information content (AvgIpc) is 2.68. The predicted molar refractivity (Wildman–Crippen MR) is 119 cm³/mol. The Hall–Kier alpha value is -2.04. The van der Waals surface area contributed by atoms with Gasteiger partial charge in [-0.3, -0.25) is 9.59 Å². The topological polar surface area (TPSA) is 49.4 Å². The Labute approximate surface area is 183 Å². The number of benzene rings is 2. The monoisotopic (exact) mass is 434 g/mol. The van der Waals surface area contributed by atoms with Crippen LogP contribution in [-0.4, -0.2) is 29.3 Å². The van der Waals surface area contributed by atoms with E-state index in [2.05, 4.69) is 12.2 Å². The van der Waals surface area contributed by atoms with Crippen molar-refractivity contribution in [1.29, 1.82) is 0 Å². The summed E-state index contributed by atoms with van der Waals surface area (Å²) >= 11 is 12.5. The second kappa shape index (κ2) is 11.2. The zero-order chi connectivity index (χ0) is 21.4. The first-order chi connectivity index (χ1) is 13.8. The van der Waals surface area contributed by atoms with Crippen molar-refractivity contribution in [2.45, 2.75) is 52.6 Å². The minimum Gasteiger partial charge on any atom is -0.354 e. The van der Waals surface area contributed by atoms with Crippen LogP contribution in [0.1, 0.15) is 43.4 Å². The summed E-state index contributed by atoms with van der Waals surface area (Å²) in [5, 5.41) is 3.81. The summed E-state index contributed by atoms with van der Waals surface area (Å²) in [6.07, 6.45) is 1.93. The van der Waals surface area contributed by atoms with E-state index >= 15 is 0 Å². The van der Waals surface area contributed by atoms with E-state index in [0.717, 1.165) is 24.0 Å². The fraction of sp³-hybridized carbons (Fsp3) is 0.391. The lowest BCUT2D eigenvalue weighted by atomic mass is 10.1. The number of unbranched alkanes of at least 4 members (excludes halogenated alkanes) is 1. The molecule has 0 radical (unpaired) electrons. The number of carbonyl (C=O) groups is 2. The highest BCUT2D eigenvalue weighted by molar-refractivity contribution is 6.36. The molecule has 0 aromatic heterocycles. The number of hydrogen-bond donors (Lipinski definition) is 1. The number of nitrogens with zero attached hydrogens (tertiary/aromatic N) is 1. The van der Waals surface area contributed by atoms with Gasteiger partial charge in [0.2, 0.25) is 11.8 Å². The maximum absolute atomic E-state index is 13.2. The van der Waals surface area contributed by atoms with Gasteiger partial charge in [-0.15, -0.1) is 0 Å². The first kappa shape index (κ1) is 23.2. The Morgan fingerprint density at radius 3 is 2.38 bits per heavy atom. The lowest BCUT2D eigenvalue weighted by Gasteiger charge is -2.29. The van der Waals surface area contributed by atoms with E-state index in [4.69, 9.17) is 23.2 Å². The number of rotatable bonds is 9. The Kier molecular flexibility index (Phi) is 8.99. The normalized spacial score (nSPS) is 11.8. The van der Waals surface area contributed by atoms with Crippen LogP contribution in [-0.2, 0) is 22.6 Å². The summed E-state index contributed by atoms with van der Waals surface area (Å²) in [6.45, 7) is 6.76. The van der Waals surface area contributed by atoms with Crippen molar-refractivity contribution in [3.05, 3.63) is 69.2 Å². The molecule has 0 bridgehead atoms. The predicted octanol–water partition coefficient (Wildman–Crippen LogP) is 5.18. The molecule has 1 N–H and O–H groups in total. The molecule has 6 heteroatoms. The Balaban J connectivity index is 2.25. The summed E-state index contributed by atoms with van der Waals surface area (Å²) in [6, 6.07) is 12.5. The molecule has 156 valence electrons. The highest BCUT2D eigenvalue weighted by atomic mass is 35.5. The van der Waals surface area contributed by atoms with Crippen molar-refractivity contribution in [3.8, 4) is 0 Å².